The number of nitriles is 1. The quantitative estimate of drug-likeness (QED) is 0.277. The van der Waals surface area contributed by atoms with Crippen molar-refractivity contribution in [3.8, 4) is 11.8 Å². The summed E-state index contributed by atoms with van der Waals surface area (Å²) in [7, 11) is 0. The average Bonchev–Trinajstić information content (AvgIpc) is 3.01. The summed E-state index contributed by atoms with van der Waals surface area (Å²) < 4.78 is 1.64. The Bertz CT molecular complexity index is 848. The molecule has 1 aliphatic rings. The van der Waals surface area contributed by atoms with E-state index < -0.39 is 0 Å². The van der Waals surface area contributed by atoms with Gasteiger partial charge in [0.05, 0.1) is 11.4 Å². The number of hydrogen-bond acceptors (Lipinski definition) is 5. The molecule has 0 aliphatic carbocycles. The molecule has 1 aromatic carbocycles. The van der Waals surface area contributed by atoms with E-state index in [1.165, 1.54) is 0 Å². The van der Waals surface area contributed by atoms with Gasteiger partial charge in [0.15, 0.2) is 5.96 Å². The van der Waals surface area contributed by atoms with Gasteiger partial charge in [-0.15, -0.1) is 24.0 Å². The highest BCUT2D eigenvalue weighted by atomic mass is 127. The van der Waals surface area contributed by atoms with E-state index in [1.54, 1.807) is 4.68 Å². The van der Waals surface area contributed by atoms with E-state index in [0.29, 0.717) is 36.0 Å². The molecule has 0 unspecified atom stereocenters. The summed E-state index contributed by atoms with van der Waals surface area (Å²) in [6, 6.07) is 10.1. The van der Waals surface area contributed by atoms with Gasteiger partial charge in [-0.25, -0.2) is 4.68 Å². The molecule has 9 heteroatoms. The number of hydrogen-bond donors (Lipinski definition) is 2. The fourth-order valence-corrected chi connectivity index (χ4v) is 3.89. The number of benzene rings is 1. The monoisotopic (exact) mass is 511 g/mol. The molecule has 0 radical (unpaired) electrons. The Hall–Kier alpha value is -1.93. The summed E-state index contributed by atoms with van der Waals surface area (Å²) in [6.07, 6.45) is 1.40. The SMILES string of the molecule is Cc1ccc(-n2nc(CCCN=C(N)N3CCSCC3)c(C#N)c2N)cc1.I. The van der Waals surface area contributed by atoms with Gasteiger partial charge in [-0.05, 0) is 31.9 Å². The lowest BCUT2D eigenvalue weighted by atomic mass is 10.1. The minimum absolute atomic E-state index is 0. The van der Waals surface area contributed by atoms with Gasteiger partial charge in [-0.3, -0.25) is 4.99 Å². The van der Waals surface area contributed by atoms with Crippen molar-refractivity contribution in [3.05, 3.63) is 41.1 Å². The molecule has 28 heavy (non-hydrogen) atoms. The van der Waals surface area contributed by atoms with Crippen LogP contribution in [0.3, 0.4) is 0 Å². The smallest absolute Gasteiger partial charge is 0.191 e. The van der Waals surface area contributed by atoms with Crippen LogP contribution in [0.25, 0.3) is 5.69 Å². The highest BCUT2D eigenvalue weighted by Gasteiger charge is 2.16. The zero-order chi connectivity index (χ0) is 19.2. The Balaban J connectivity index is 0.00000280. The molecule has 4 N–H and O–H groups in total. The Morgan fingerprint density at radius 3 is 2.61 bits per heavy atom. The van der Waals surface area contributed by atoms with Crippen molar-refractivity contribution in [3.63, 3.8) is 0 Å². The number of rotatable bonds is 5. The molecule has 2 heterocycles. The summed E-state index contributed by atoms with van der Waals surface area (Å²) in [6.45, 7) is 4.54. The van der Waals surface area contributed by atoms with Crippen molar-refractivity contribution < 1.29 is 0 Å². The third kappa shape index (κ3) is 5.32. The third-order valence-corrected chi connectivity index (χ3v) is 5.51. The standard InChI is InChI=1S/C19H25N7S.HI/c1-14-4-6-15(7-5-14)26-18(21)16(13-20)17(24-26)3-2-8-23-19(22)25-9-11-27-12-10-25;/h4-7H,2-3,8-12,21H2,1H3,(H2,22,23);1H. The van der Waals surface area contributed by atoms with Crippen LogP contribution in [-0.4, -0.2) is 51.8 Å². The highest BCUT2D eigenvalue weighted by molar-refractivity contribution is 14.0. The Labute approximate surface area is 187 Å². The molecule has 150 valence electrons. The first kappa shape index (κ1) is 22.4. The second kappa shape index (κ2) is 10.6. The molecule has 2 aromatic rings. The van der Waals surface area contributed by atoms with Crippen LogP contribution in [-0.2, 0) is 6.42 Å². The summed E-state index contributed by atoms with van der Waals surface area (Å²) in [4.78, 5) is 6.60. The summed E-state index contributed by atoms with van der Waals surface area (Å²) in [5, 5.41) is 14.0. The lowest BCUT2D eigenvalue weighted by molar-refractivity contribution is 0.455. The third-order valence-electron chi connectivity index (χ3n) is 4.56. The maximum absolute atomic E-state index is 9.48. The van der Waals surface area contributed by atoms with E-state index in [0.717, 1.165) is 42.3 Å². The topological polar surface area (TPSA) is 109 Å². The molecule has 0 saturated carbocycles. The Morgan fingerprint density at radius 2 is 1.96 bits per heavy atom. The van der Waals surface area contributed by atoms with Crippen LogP contribution in [0.5, 0.6) is 0 Å². The van der Waals surface area contributed by atoms with Crippen molar-refractivity contribution in [1.82, 2.24) is 14.7 Å². The van der Waals surface area contributed by atoms with Crippen LogP contribution < -0.4 is 11.5 Å². The molecule has 1 aliphatic heterocycles. The van der Waals surface area contributed by atoms with Crippen LogP contribution in [0.4, 0.5) is 5.82 Å². The van der Waals surface area contributed by atoms with Crippen LogP contribution in [0.1, 0.15) is 23.2 Å². The van der Waals surface area contributed by atoms with Crippen molar-refractivity contribution >= 4 is 47.5 Å². The average molecular weight is 511 g/mol. The predicted octanol–water partition coefficient (Wildman–Crippen LogP) is 2.55. The molecule has 3 rings (SSSR count). The zero-order valence-corrected chi connectivity index (χ0v) is 19.1. The minimum atomic E-state index is 0. The van der Waals surface area contributed by atoms with Gasteiger partial charge in [0.1, 0.15) is 17.5 Å². The van der Waals surface area contributed by atoms with Crippen LogP contribution in [0, 0.1) is 18.3 Å². The largest absolute Gasteiger partial charge is 0.382 e. The molecule has 0 bridgehead atoms. The first-order chi connectivity index (χ1) is 13.1. The normalized spacial score (nSPS) is 14.4. The fraction of sp³-hybridized carbons (Fsp3) is 0.421. The number of nitrogens with zero attached hydrogens (tertiary/aromatic N) is 5. The van der Waals surface area contributed by atoms with Gasteiger partial charge in [-0.2, -0.15) is 22.1 Å². The summed E-state index contributed by atoms with van der Waals surface area (Å²) in [5.41, 5.74) is 15.4. The van der Waals surface area contributed by atoms with E-state index in [9.17, 15) is 5.26 Å². The number of anilines is 1. The van der Waals surface area contributed by atoms with Crippen LogP contribution in [0.15, 0.2) is 29.3 Å². The van der Waals surface area contributed by atoms with Crippen molar-refractivity contribution in [2.75, 3.05) is 36.9 Å². The molecule has 1 fully saturated rings. The molecule has 0 atom stereocenters. The highest BCUT2D eigenvalue weighted by Crippen LogP contribution is 2.22. The van der Waals surface area contributed by atoms with Gasteiger partial charge in [0.25, 0.3) is 0 Å². The Kier molecular flexibility index (Phi) is 8.44. The van der Waals surface area contributed by atoms with Gasteiger partial charge in [-0.1, -0.05) is 17.7 Å². The zero-order valence-electron chi connectivity index (χ0n) is 16.0. The number of aryl methyl sites for hydroxylation is 2. The van der Waals surface area contributed by atoms with Crippen molar-refractivity contribution in [2.45, 2.75) is 19.8 Å². The molecule has 1 saturated heterocycles. The van der Waals surface area contributed by atoms with Gasteiger partial charge < -0.3 is 16.4 Å². The summed E-state index contributed by atoms with van der Waals surface area (Å²) >= 11 is 1.94. The van der Waals surface area contributed by atoms with E-state index in [-0.39, 0.29) is 24.0 Å². The molecule has 7 nitrogen and oxygen atoms in total. The molecule has 1 aromatic heterocycles. The second-order valence-corrected chi connectivity index (χ2v) is 7.73. The van der Waals surface area contributed by atoms with Crippen LogP contribution >= 0.6 is 35.7 Å². The lowest BCUT2D eigenvalue weighted by Gasteiger charge is -2.27. The maximum Gasteiger partial charge on any atom is 0.191 e. The van der Waals surface area contributed by atoms with E-state index in [1.807, 2.05) is 43.0 Å². The first-order valence-electron chi connectivity index (χ1n) is 9.07. The number of aliphatic imine (C=N–C) groups is 1. The molecule has 0 amide bonds. The predicted molar refractivity (Wildman–Crippen MR) is 127 cm³/mol. The maximum atomic E-state index is 9.48. The summed E-state index contributed by atoms with van der Waals surface area (Å²) in [5.74, 6) is 3.18. The first-order valence-corrected chi connectivity index (χ1v) is 10.2. The van der Waals surface area contributed by atoms with E-state index in [4.69, 9.17) is 11.5 Å². The number of aromatic nitrogens is 2. The van der Waals surface area contributed by atoms with Crippen molar-refractivity contribution in [1.29, 1.82) is 5.26 Å². The molecule has 0 spiro atoms. The van der Waals surface area contributed by atoms with E-state index >= 15 is 0 Å². The lowest BCUT2D eigenvalue weighted by Crippen LogP contribution is -2.42. The number of thioether (sulfide) groups is 1. The van der Waals surface area contributed by atoms with E-state index in [2.05, 4.69) is 21.1 Å². The molecular weight excluding hydrogens is 485 g/mol. The number of nitrogens with two attached hydrogens (primary N) is 2. The minimum Gasteiger partial charge on any atom is -0.382 e. The van der Waals surface area contributed by atoms with Gasteiger partial charge in [0.2, 0.25) is 0 Å². The van der Waals surface area contributed by atoms with Crippen LogP contribution in [0.2, 0.25) is 0 Å². The van der Waals surface area contributed by atoms with Gasteiger partial charge >= 0.3 is 0 Å². The Morgan fingerprint density at radius 1 is 1.29 bits per heavy atom. The van der Waals surface area contributed by atoms with Gasteiger partial charge in [0, 0.05) is 31.1 Å². The number of guanidine groups is 1. The van der Waals surface area contributed by atoms with Crippen molar-refractivity contribution in [2.24, 2.45) is 10.7 Å². The second-order valence-electron chi connectivity index (χ2n) is 6.51. The molecular formula is C19H26IN7S. The number of nitrogen functional groups attached to an aromatic ring is 1. The number of halogens is 1. The fourth-order valence-electron chi connectivity index (χ4n) is 2.99.